The molecule has 168 valence electrons. The minimum atomic E-state index is -4.42. The molecule has 1 amide bonds. The Morgan fingerprint density at radius 3 is 2.90 bits per heavy atom. The molecule has 1 aliphatic rings. The summed E-state index contributed by atoms with van der Waals surface area (Å²) in [4.78, 5) is 16.3. The lowest BCUT2D eigenvalue weighted by Crippen LogP contribution is -2.43. The fraction of sp³-hybridized carbons (Fsp3) is 0.476. The number of benzene rings is 1. The Morgan fingerprint density at radius 1 is 1.32 bits per heavy atom. The number of halogens is 3. The largest absolute Gasteiger partial charge is 0.492 e. The standard InChI is InChI=1S/C21H26F3N5O2/c1-28(14-17-6-4-11-29(17)19-8-3-9-26-27-19)15-20(30)25-10-12-31-18-7-2-5-16(13-18)21(22,23)24/h2-3,5,7-9,13,17H,4,6,10-12,14-15H2,1H3,(H,25,30). The van der Waals surface area contributed by atoms with Crippen molar-refractivity contribution in [1.29, 1.82) is 0 Å². The number of hydrogen-bond donors (Lipinski definition) is 1. The SMILES string of the molecule is CN(CC(=O)NCCOc1cccc(C(F)(F)F)c1)CC1CCCN1c1cccnn1. The van der Waals surface area contributed by atoms with Crippen LogP contribution >= 0.6 is 0 Å². The molecule has 1 unspecified atom stereocenters. The number of rotatable bonds is 9. The second-order valence-electron chi connectivity index (χ2n) is 7.49. The summed E-state index contributed by atoms with van der Waals surface area (Å²) >= 11 is 0. The molecule has 1 N–H and O–H groups in total. The van der Waals surface area contributed by atoms with Crippen molar-refractivity contribution in [1.82, 2.24) is 20.4 Å². The molecule has 1 aliphatic heterocycles. The van der Waals surface area contributed by atoms with Gasteiger partial charge in [0, 0.05) is 25.3 Å². The molecule has 1 fully saturated rings. The Morgan fingerprint density at radius 2 is 2.16 bits per heavy atom. The highest BCUT2D eigenvalue weighted by Crippen LogP contribution is 2.31. The summed E-state index contributed by atoms with van der Waals surface area (Å²) in [5, 5.41) is 10.8. The summed E-state index contributed by atoms with van der Waals surface area (Å²) in [6, 6.07) is 8.73. The second kappa shape index (κ2) is 10.4. The quantitative estimate of drug-likeness (QED) is 0.609. The molecule has 0 bridgehead atoms. The molecule has 10 heteroatoms. The second-order valence-corrected chi connectivity index (χ2v) is 7.49. The van der Waals surface area contributed by atoms with Crippen LogP contribution in [0, 0.1) is 0 Å². The Hall–Kier alpha value is -2.88. The number of carbonyl (C=O) groups excluding carboxylic acids is 1. The van der Waals surface area contributed by atoms with E-state index in [0.29, 0.717) is 6.54 Å². The zero-order valence-electron chi connectivity index (χ0n) is 17.3. The monoisotopic (exact) mass is 437 g/mol. The maximum atomic E-state index is 12.7. The van der Waals surface area contributed by atoms with Gasteiger partial charge in [0.15, 0.2) is 5.82 Å². The van der Waals surface area contributed by atoms with E-state index in [9.17, 15) is 18.0 Å². The molecular formula is C21H26F3N5O2. The third-order valence-electron chi connectivity index (χ3n) is 5.02. The van der Waals surface area contributed by atoms with Gasteiger partial charge in [-0.2, -0.15) is 18.3 Å². The van der Waals surface area contributed by atoms with Gasteiger partial charge in [-0.05, 0) is 50.2 Å². The van der Waals surface area contributed by atoms with Crippen LogP contribution in [-0.4, -0.2) is 66.9 Å². The van der Waals surface area contributed by atoms with Crippen molar-refractivity contribution in [2.24, 2.45) is 0 Å². The predicted octanol–water partition coefficient (Wildman–Crippen LogP) is 2.59. The fourth-order valence-electron chi connectivity index (χ4n) is 3.62. The minimum Gasteiger partial charge on any atom is -0.492 e. The molecule has 2 aromatic rings. The van der Waals surface area contributed by atoms with Crippen molar-refractivity contribution in [3.63, 3.8) is 0 Å². The molecule has 1 aromatic heterocycles. The number of amides is 1. The van der Waals surface area contributed by atoms with Crippen molar-refractivity contribution < 1.29 is 22.7 Å². The molecule has 31 heavy (non-hydrogen) atoms. The van der Waals surface area contributed by atoms with E-state index in [4.69, 9.17) is 4.74 Å². The highest BCUT2D eigenvalue weighted by molar-refractivity contribution is 5.77. The van der Waals surface area contributed by atoms with Gasteiger partial charge >= 0.3 is 6.18 Å². The topological polar surface area (TPSA) is 70.6 Å². The van der Waals surface area contributed by atoms with E-state index in [-0.39, 0.29) is 37.4 Å². The summed E-state index contributed by atoms with van der Waals surface area (Å²) in [7, 11) is 1.88. The van der Waals surface area contributed by atoms with Gasteiger partial charge in [-0.15, -0.1) is 5.10 Å². The molecule has 3 rings (SSSR count). The van der Waals surface area contributed by atoms with Gasteiger partial charge in [-0.3, -0.25) is 9.69 Å². The number of ether oxygens (including phenoxy) is 1. The normalized spacial score (nSPS) is 16.5. The van der Waals surface area contributed by atoms with Crippen molar-refractivity contribution in [2.45, 2.75) is 25.1 Å². The molecule has 7 nitrogen and oxygen atoms in total. The molecule has 1 aromatic carbocycles. The minimum absolute atomic E-state index is 0.0832. The van der Waals surface area contributed by atoms with Gasteiger partial charge in [0.05, 0.1) is 18.7 Å². The van der Waals surface area contributed by atoms with Gasteiger partial charge in [-0.1, -0.05) is 6.07 Å². The first-order valence-electron chi connectivity index (χ1n) is 10.1. The number of aromatic nitrogens is 2. The zero-order chi connectivity index (χ0) is 22.3. The van der Waals surface area contributed by atoms with Crippen molar-refractivity contribution in [3.8, 4) is 5.75 Å². The first kappa shape index (κ1) is 22.8. The smallest absolute Gasteiger partial charge is 0.416 e. The number of hydrogen-bond acceptors (Lipinski definition) is 6. The van der Waals surface area contributed by atoms with E-state index in [1.165, 1.54) is 12.1 Å². The summed E-state index contributed by atoms with van der Waals surface area (Å²) in [6.45, 7) is 2.13. The lowest BCUT2D eigenvalue weighted by Gasteiger charge is -2.28. The Balaban J connectivity index is 1.38. The number of carbonyl (C=O) groups is 1. The van der Waals surface area contributed by atoms with Gasteiger partial charge in [0.1, 0.15) is 12.4 Å². The van der Waals surface area contributed by atoms with Crippen LogP contribution in [0.1, 0.15) is 18.4 Å². The zero-order valence-corrected chi connectivity index (χ0v) is 17.3. The first-order valence-corrected chi connectivity index (χ1v) is 10.1. The Labute approximate surface area is 179 Å². The van der Waals surface area contributed by atoms with Gasteiger partial charge in [0.2, 0.25) is 5.91 Å². The summed E-state index contributed by atoms with van der Waals surface area (Å²) in [5.74, 6) is 0.792. The molecule has 0 aliphatic carbocycles. The van der Waals surface area contributed by atoms with Crippen LogP contribution in [0.4, 0.5) is 19.0 Å². The molecular weight excluding hydrogens is 411 g/mol. The number of nitrogens with one attached hydrogen (secondary N) is 1. The lowest BCUT2D eigenvalue weighted by atomic mass is 10.2. The summed E-state index contributed by atoms with van der Waals surface area (Å²) in [6.07, 6.45) is -0.691. The predicted molar refractivity (Wildman–Crippen MR) is 110 cm³/mol. The van der Waals surface area contributed by atoms with Crippen LogP contribution in [-0.2, 0) is 11.0 Å². The summed E-state index contributed by atoms with van der Waals surface area (Å²) in [5.41, 5.74) is -0.766. The van der Waals surface area contributed by atoms with E-state index in [0.717, 1.165) is 37.3 Å². The maximum absolute atomic E-state index is 12.7. The van der Waals surface area contributed by atoms with Crippen molar-refractivity contribution >= 4 is 11.7 Å². The van der Waals surface area contributed by atoms with Gasteiger partial charge in [-0.25, -0.2) is 0 Å². The number of nitrogens with zero attached hydrogens (tertiary/aromatic N) is 4. The lowest BCUT2D eigenvalue weighted by molar-refractivity contribution is -0.137. The fourth-order valence-corrected chi connectivity index (χ4v) is 3.62. The van der Waals surface area contributed by atoms with Crippen LogP contribution < -0.4 is 15.0 Å². The third kappa shape index (κ3) is 6.81. The van der Waals surface area contributed by atoms with E-state index in [1.807, 2.05) is 24.1 Å². The number of likely N-dealkylation sites (N-methyl/N-ethyl adjacent to an activating group) is 1. The maximum Gasteiger partial charge on any atom is 0.416 e. The third-order valence-corrected chi connectivity index (χ3v) is 5.02. The average molecular weight is 437 g/mol. The highest BCUT2D eigenvalue weighted by atomic mass is 19.4. The van der Waals surface area contributed by atoms with Crippen LogP contribution in [0.5, 0.6) is 5.75 Å². The Kier molecular flexibility index (Phi) is 7.67. The van der Waals surface area contributed by atoms with Crippen molar-refractivity contribution in [3.05, 3.63) is 48.2 Å². The van der Waals surface area contributed by atoms with Crippen molar-refractivity contribution in [2.75, 3.05) is 44.7 Å². The van der Waals surface area contributed by atoms with Crippen LogP contribution in [0.2, 0.25) is 0 Å². The van der Waals surface area contributed by atoms with Crippen LogP contribution in [0.3, 0.4) is 0 Å². The first-order chi connectivity index (χ1) is 14.8. The Bertz CT molecular complexity index is 850. The molecule has 0 spiro atoms. The van der Waals surface area contributed by atoms with E-state index < -0.39 is 11.7 Å². The average Bonchev–Trinajstić information content (AvgIpc) is 3.19. The molecule has 0 radical (unpaired) electrons. The molecule has 1 saturated heterocycles. The highest BCUT2D eigenvalue weighted by Gasteiger charge is 2.30. The number of anilines is 1. The van der Waals surface area contributed by atoms with Gasteiger partial charge in [0.25, 0.3) is 0 Å². The molecule has 2 heterocycles. The summed E-state index contributed by atoms with van der Waals surface area (Å²) < 4.78 is 43.5. The van der Waals surface area contributed by atoms with E-state index in [2.05, 4.69) is 20.4 Å². The molecule has 1 atom stereocenters. The van der Waals surface area contributed by atoms with Gasteiger partial charge < -0.3 is 15.0 Å². The molecule has 0 saturated carbocycles. The van der Waals surface area contributed by atoms with E-state index in [1.54, 1.807) is 6.20 Å². The van der Waals surface area contributed by atoms with Crippen LogP contribution in [0.15, 0.2) is 42.6 Å². The van der Waals surface area contributed by atoms with E-state index >= 15 is 0 Å². The van der Waals surface area contributed by atoms with Crippen LogP contribution in [0.25, 0.3) is 0 Å². The number of alkyl halides is 3.